The van der Waals surface area contributed by atoms with Crippen molar-refractivity contribution in [3.8, 4) is 5.75 Å². The van der Waals surface area contributed by atoms with Crippen LogP contribution >= 0.6 is 11.6 Å². The number of ether oxygens (including phenoxy) is 1. The Hall–Kier alpha value is -1.72. The minimum atomic E-state index is -3.69. The molecule has 0 aromatic heterocycles. The first-order valence-electron chi connectivity index (χ1n) is 9.86. The predicted octanol–water partition coefficient (Wildman–Crippen LogP) is 6.29. The van der Waals surface area contributed by atoms with Crippen LogP contribution < -0.4 is 9.46 Å². The number of rotatable bonds is 9. The molecule has 0 amide bonds. The summed E-state index contributed by atoms with van der Waals surface area (Å²) in [5.74, 6) is 0.124. The standard InChI is InChI=1S/C23H31ClNO3S/c1-7-22(3,4)17-9-14-21(20(15-17)23(5,6)8-2)28-16-29(26,27)25-19-12-10-18(24)11-13-19/h9-10,12-15,25H,7-8,16H2,1-6H3. The maximum atomic E-state index is 12.5. The highest BCUT2D eigenvalue weighted by Gasteiger charge is 2.27. The molecular formula is C23H31ClNO3S. The smallest absolute Gasteiger partial charge is 0.268 e. The largest absolute Gasteiger partial charge is 0.475 e. The fraction of sp³-hybridized carbons (Fsp3) is 0.478. The molecule has 0 saturated carbocycles. The van der Waals surface area contributed by atoms with Gasteiger partial charge in [-0.15, -0.1) is 0 Å². The third-order valence-electron chi connectivity index (χ3n) is 5.68. The van der Waals surface area contributed by atoms with Crippen LogP contribution in [-0.2, 0) is 20.9 Å². The van der Waals surface area contributed by atoms with Gasteiger partial charge in [-0.2, -0.15) is 0 Å². The van der Waals surface area contributed by atoms with Gasteiger partial charge >= 0.3 is 0 Å². The van der Waals surface area contributed by atoms with E-state index in [4.69, 9.17) is 16.3 Å². The van der Waals surface area contributed by atoms with Gasteiger partial charge in [0.1, 0.15) is 5.75 Å². The van der Waals surface area contributed by atoms with Crippen LogP contribution in [0.15, 0.2) is 36.4 Å². The molecule has 0 saturated heterocycles. The lowest BCUT2D eigenvalue weighted by Crippen LogP contribution is -2.24. The van der Waals surface area contributed by atoms with E-state index in [9.17, 15) is 8.42 Å². The van der Waals surface area contributed by atoms with Crippen LogP contribution in [0.2, 0.25) is 5.02 Å². The zero-order valence-corrected chi connectivity index (χ0v) is 19.7. The van der Waals surface area contributed by atoms with Crippen molar-refractivity contribution in [1.82, 2.24) is 0 Å². The van der Waals surface area contributed by atoms with Crippen molar-refractivity contribution < 1.29 is 13.2 Å². The van der Waals surface area contributed by atoms with E-state index in [1.807, 2.05) is 12.1 Å². The van der Waals surface area contributed by atoms with Gasteiger partial charge in [-0.3, -0.25) is 4.72 Å². The summed E-state index contributed by atoms with van der Waals surface area (Å²) >= 11 is 5.80. The maximum absolute atomic E-state index is 12.5. The van der Waals surface area contributed by atoms with E-state index in [1.54, 1.807) is 12.1 Å². The van der Waals surface area contributed by atoms with Gasteiger partial charge in [-0.25, -0.2) is 8.42 Å². The van der Waals surface area contributed by atoms with Crippen LogP contribution in [0.5, 0.6) is 5.75 Å². The number of benzene rings is 2. The Morgan fingerprint density at radius 1 is 1.03 bits per heavy atom. The first kappa shape index (κ1) is 23.6. The first-order chi connectivity index (χ1) is 13.4. The summed E-state index contributed by atoms with van der Waals surface area (Å²) in [5.41, 5.74) is 2.54. The second-order valence-corrected chi connectivity index (χ2v) is 10.7. The van der Waals surface area contributed by atoms with Crippen molar-refractivity contribution in [3.63, 3.8) is 0 Å². The van der Waals surface area contributed by atoms with E-state index >= 15 is 0 Å². The van der Waals surface area contributed by atoms with Crippen molar-refractivity contribution in [2.75, 3.05) is 10.7 Å². The minimum absolute atomic E-state index is 0.0375. The molecule has 0 bridgehead atoms. The number of halogens is 1. The predicted molar refractivity (Wildman–Crippen MR) is 121 cm³/mol. The lowest BCUT2D eigenvalue weighted by Gasteiger charge is -2.30. The molecule has 2 aromatic rings. The molecule has 1 radical (unpaired) electrons. The zero-order valence-electron chi connectivity index (χ0n) is 18.1. The van der Waals surface area contributed by atoms with Crippen molar-refractivity contribution in [2.24, 2.45) is 0 Å². The maximum Gasteiger partial charge on any atom is 0.268 e. The molecule has 0 fully saturated rings. The van der Waals surface area contributed by atoms with E-state index in [0.29, 0.717) is 16.5 Å². The lowest BCUT2D eigenvalue weighted by atomic mass is 9.76. The van der Waals surface area contributed by atoms with Crippen molar-refractivity contribution in [1.29, 1.82) is 0 Å². The van der Waals surface area contributed by atoms with Crippen molar-refractivity contribution >= 4 is 27.3 Å². The van der Waals surface area contributed by atoms with E-state index in [1.165, 1.54) is 11.6 Å². The fourth-order valence-electron chi connectivity index (χ4n) is 2.82. The van der Waals surface area contributed by atoms with Crippen LogP contribution in [0.1, 0.15) is 65.5 Å². The van der Waals surface area contributed by atoms with Crippen LogP contribution in [-0.4, -0.2) is 14.4 Å². The Balaban J connectivity index is 2.28. The monoisotopic (exact) mass is 436 g/mol. The number of anilines is 1. The fourth-order valence-corrected chi connectivity index (χ4v) is 3.76. The highest BCUT2D eigenvalue weighted by molar-refractivity contribution is 7.92. The van der Waals surface area contributed by atoms with Crippen molar-refractivity contribution in [3.05, 3.63) is 58.6 Å². The quantitative estimate of drug-likeness (QED) is 0.502. The summed E-state index contributed by atoms with van der Waals surface area (Å²) < 4.78 is 33.2. The second kappa shape index (κ2) is 8.97. The van der Waals surface area contributed by atoms with E-state index in [-0.39, 0.29) is 10.8 Å². The summed E-state index contributed by atoms with van der Waals surface area (Å²) in [7, 11) is -3.69. The molecule has 0 spiro atoms. The van der Waals surface area contributed by atoms with Crippen LogP contribution in [0.25, 0.3) is 0 Å². The van der Waals surface area contributed by atoms with Crippen LogP contribution in [0, 0.1) is 6.07 Å². The summed E-state index contributed by atoms with van der Waals surface area (Å²) in [6.45, 7) is 13.0. The van der Waals surface area contributed by atoms with E-state index < -0.39 is 16.0 Å². The van der Waals surface area contributed by atoms with Crippen molar-refractivity contribution in [2.45, 2.75) is 65.2 Å². The zero-order chi connectivity index (χ0) is 21.9. The Labute approximate surface area is 180 Å². The van der Waals surface area contributed by atoms with Crippen LogP contribution in [0.3, 0.4) is 0 Å². The molecular weight excluding hydrogens is 406 g/mol. The van der Waals surface area contributed by atoms with Gasteiger partial charge in [-0.1, -0.05) is 65.3 Å². The number of nitrogens with one attached hydrogen (secondary N) is 1. The topological polar surface area (TPSA) is 55.4 Å². The van der Waals surface area contributed by atoms with Gasteiger partial charge in [0.05, 0.1) is 0 Å². The molecule has 29 heavy (non-hydrogen) atoms. The molecule has 0 heterocycles. The van der Waals surface area contributed by atoms with E-state index in [2.05, 4.69) is 58.4 Å². The van der Waals surface area contributed by atoms with Gasteiger partial charge in [0, 0.05) is 22.3 Å². The Kier molecular flexibility index (Phi) is 7.28. The normalized spacial score (nSPS) is 12.7. The Morgan fingerprint density at radius 2 is 1.69 bits per heavy atom. The summed E-state index contributed by atoms with van der Waals surface area (Å²) in [6.07, 6.45) is 1.92. The lowest BCUT2D eigenvalue weighted by molar-refractivity contribution is 0.358. The molecule has 0 aliphatic heterocycles. The molecule has 0 aliphatic carbocycles. The molecule has 1 N–H and O–H groups in total. The van der Waals surface area contributed by atoms with E-state index in [0.717, 1.165) is 18.4 Å². The third kappa shape index (κ3) is 6.13. The van der Waals surface area contributed by atoms with Gasteiger partial charge in [0.25, 0.3) is 10.0 Å². The highest BCUT2D eigenvalue weighted by atomic mass is 35.5. The average Bonchev–Trinajstić information content (AvgIpc) is 2.68. The van der Waals surface area contributed by atoms with Crippen LogP contribution in [0.4, 0.5) is 5.69 Å². The first-order valence-corrected chi connectivity index (χ1v) is 11.9. The van der Waals surface area contributed by atoms with Gasteiger partial charge < -0.3 is 4.74 Å². The SMILES string of the molecule is CCC(C)(C)c1ccc(OCS(=O)(=O)Nc2c[c]c(Cl)cc2)c(C(C)(C)CC)c1. The Bertz CT molecular complexity index is 935. The highest BCUT2D eigenvalue weighted by Crippen LogP contribution is 2.38. The van der Waals surface area contributed by atoms with Gasteiger partial charge in [0.15, 0.2) is 0 Å². The minimum Gasteiger partial charge on any atom is -0.475 e. The molecule has 0 atom stereocenters. The number of hydrogen-bond acceptors (Lipinski definition) is 3. The number of hydrogen-bond donors (Lipinski definition) is 1. The molecule has 0 aliphatic rings. The molecule has 2 aromatic carbocycles. The third-order valence-corrected chi connectivity index (χ3v) is 6.89. The molecule has 2 rings (SSSR count). The second-order valence-electron chi connectivity index (χ2n) is 8.59. The number of sulfonamides is 1. The average molecular weight is 437 g/mol. The molecule has 0 unspecified atom stereocenters. The van der Waals surface area contributed by atoms with Gasteiger partial charge in [0.2, 0.25) is 5.94 Å². The Morgan fingerprint density at radius 3 is 2.24 bits per heavy atom. The molecule has 6 heteroatoms. The summed E-state index contributed by atoms with van der Waals surface area (Å²) in [5, 5.41) is 0.422. The summed E-state index contributed by atoms with van der Waals surface area (Å²) in [4.78, 5) is 0. The van der Waals surface area contributed by atoms with Gasteiger partial charge in [-0.05, 0) is 53.5 Å². The molecule has 159 valence electrons. The summed E-state index contributed by atoms with van der Waals surface area (Å²) in [6, 6.07) is 13.5. The molecule has 4 nitrogen and oxygen atoms in total.